The second-order valence-corrected chi connectivity index (χ2v) is 17.0. The van der Waals surface area contributed by atoms with E-state index < -0.39 is 66.2 Å². The Kier molecular flexibility index (Phi) is 12.3. The molecule has 5 heterocycles. The zero-order chi connectivity index (χ0) is 39.1. The van der Waals surface area contributed by atoms with Gasteiger partial charge in [-0.25, -0.2) is 0 Å². The molecule has 55 heavy (non-hydrogen) atoms. The van der Waals surface area contributed by atoms with Gasteiger partial charge in [-0.1, -0.05) is 74.7 Å². The molecule has 2 bridgehead atoms. The number of aliphatic hydroxyl groups excluding tert-OH is 1. The molecule has 3 saturated heterocycles. The zero-order valence-electron chi connectivity index (χ0n) is 33.2. The molecular formula is C43H61NO11. The molecular weight excluding hydrogens is 706 g/mol. The first-order valence-electron chi connectivity index (χ1n) is 20.4. The average molecular weight is 768 g/mol. The second kappa shape index (κ2) is 16.7. The Bertz CT molecular complexity index is 1600. The molecule has 1 saturated carbocycles. The molecule has 7 rings (SSSR count). The highest BCUT2D eigenvalue weighted by molar-refractivity contribution is 6.06. The van der Waals surface area contributed by atoms with Crippen LogP contribution in [0, 0.1) is 23.7 Å². The molecule has 5 aliphatic heterocycles. The fourth-order valence-corrected chi connectivity index (χ4v) is 9.99. The molecule has 0 radical (unpaired) electrons. The lowest BCUT2D eigenvalue weighted by atomic mass is 9.71. The minimum atomic E-state index is -1.85. The summed E-state index contributed by atoms with van der Waals surface area (Å²) in [5.41, 5.74) is 0.299. The maximum Gasteiger partial charge on any atom is 0.316 e. The van der Waals surface area contributed by atoms with Crippen LogP contribution in [-0.2, 0) is 38.0 Å². The number of esters is 1. The number of fused-ring (bicyclic) bond motifs is 2. The van der Waals surface area contributed by atoms with Crippen molar-refractivity contribution in [1.29, 1.82) is 0 Å². The Morgan fingerprint density at radius 1 is 1.00 bits per heavy atom. The number of carbonyl (C=O) groups is 1. The van der Waals surface area contributed by atoms with Crippen LogP contribution in [0.4, 0.5) is 0 Å². The van der Waals surface area contributed by atoms with Crippen LogP contribution in [0.5, 0.6) is 0 Å². The van der Waals surface area contributed by atoms with Gasteiger partial charge in [0.15, 0.2) is 12.1 Å². The monoisotopic (exact) mass is 767 g/mol. The van der Waals surface area contributed by atoms with Crippen molar-refractivity contribution in [2.24, 2.45) is 28.8 Å². The molecule has 7 aliphatic rings. The molecule has 0 aromatic rings. The number of oxime groups is 1. The number of rotatable bonds is 4. The van der Waals surface area contributed by atoms with Gasteiger partial charge in [-0.3, -0.25) is 4.79 Å². The van der Waals surface area contributed by atoms with Gasteiger partial charge in [0.1, 0.15) is 35.5 Å². The van der Waals surface area contributed by atoms with E-state index in [4.69, 9.17) is 33.2 Å². The maximum atomic E-state index is 14.4. The van der Waals surface area contributed by atoms with Crippen molar-refractivity contribution in [1.82, 2.24) is 0 Å². The van der Waals surface area contributed by atoms with Gasteiger partial charge in [0.2, 0.25) is 0 Å². The number of allylic oxidation sites excluding steroid dienone is 2. The lowest BCUT2D eigenvalue weighted by molar-refractivity contribution is -0.301. The quantitative estimate of drug-likeness (QED) is 0.137. The van der Waals surface area contributed by atoms with Gasteiger partial charge >= 0.3 is 5.97 Å². The Balaban J connectivity index is 1.26. The highest BCUT2D eigenvalue weighted by Gasteiger charge is 2.60. The Morgan fingerprint density at radius 3 is 2.53 bits per heavy atom. The number of methoxy groups -OCH3 is 1. The number of aliphatic hydroxyl groups is 2. The predicted molar refractivity (Wildman–Crippen MR) is 203 cm³/mol. The molecule has 0 unspecified atom stereocenters. The van der Waals surface area contributed by atoms with Crippen LogP contribution < -0.4 is 0 Å². The number of hydrogen-bond donors (Lipinski definition) is 3. The highest BCUT2D eigenvalue weighted by Crippen LogP contribution is 2.47. The lowest BCUT2D eigenvalue weighted by Crippen LogP contribution is -2.57. The highest BCUT2D eigenvalue weighted by atomic mass is 16.7. The molecule has 14 atom stereocenters. The molecule has 12 heteroatoms. The first-order valence-corrected chi connectivity index (χ1v) is 20.4. The SMILES string of the molecule is CO[C@H]1C[C@H](O[C@@H]2C(C)=CC[C@@H]3C[C@@H](C[C@]4(C=C[C@H](C)[C@@H](C5CCCCC5)O4)O3)OC(=O)[C@@H]3C=C(C)C(=NO)[C@H]4OCC(=CC=C[C@@H]2C)[C@]43O)O[C@@H](C)[C@@H]1O. The van der Waals surface area contributed by atoms with Crippen LogP contribution in [0.1, 0.15) is 92.4 Å². The summed E-state index contributed by atoms with van der Waals surface area (Å²) < 4.78 is 44.9. The van der Waals surface area contributed by atoms with E-state index in [0.717, 1.165) is 18.4 Å². The van der Waals surface area contributed by atoms with E-state index in [1.807, 2.05) is 32.1 Å². The molecule has 0 aromatic heterocycles. The predicted octanol–water partition coefficient (Wildman–Crippen LogP) is 5.85. The number of carbonyl (C=O) groups excluding carboxylic acids is 1. The van der Waals surface area contributed by atoms with Crippen molar-refractivity contribution < 1.29 is 53.4 Å². The van der Waals surface area contributed by atoms with E-state index >= 15 is 0 Å². The van der Waals surface area contributed by atoms with Crippen molar-refractivity contribution in [3.05, 3.63) is 59.3 Å². The molecule has 12 nitrogen and oxygen atoms in total. The van der Waals surface area contributed by atoms with Gasteiger partial charge in [0.05, 0.1) is 37.1 Å². The number of nitrogens with zero attached hydrogens (tertiary/aromatic N) is 1. The smallest absolute Gasteiger partial charge is 0.316 e. The maximum absolute atomic E-state index is 14.4. The fraction of sp³-hybridized carbons (Fsp3) is 0.721. The summed E-state index contributed by atoms with van der Waals surface area (Å²) in [5, 5.41) is 36.6. The zero-order valence-corrected chi connectivity index (χ0v) is 33.2. The van der Waals surface area contributed by atoms with Gasteiger partial charge in [-0.05, 0) is 68.7 Å². The third-order valence-electron chi connectivity index (χ3n) is 13.1. The van der Waals surface area contributed by atoms with Crippen molar-refractivity contribution >= 4 is 11.7 Å². The van der Waals surface area contributed by atoms with Crippen LogP contribution in [0.3, 0.4) is 0 Å². The molecule has 0 aromatic carbocycles. The summed E-state index contributed by atoms with van der Waals surface area (Å²) in [5.74, 6) is -2.30. The Morgan fingerprint density at radius 2 is 1.78 bits per heavy atom. The summed E-state index contributed by atoms with van der Waals surface area (Å²) in [6.07, 6.45) is 16.4. The summed E-state index contributed by atoms with van der Waals surface area (Å²) >= 11 is 0. The first-order chi connectivity index (χ1) is 26.4. The van der Waals surface area contributed by atoms with Gasteiger partial charge in [0, 0.05) is 38.2 Å². The minimum absolute atomic E-state index is 0.0156. The first kappa shape index (κ1) is 40.5. The van der Waals surface area contributed by atoms with Gasteiger partial charge in [-0.2, -0.15) is 0 Å². The third-order valence-corrected chi connectivity index (χ3v) is 13.1. The number of hydrogen-bond acceptors (Lipinski definition) is 12. The molecule has 1 spiro atoms. The minimum Gasteiger partial charge on any atom is -0.462 e. The topological polar surface area (TPSA) is 155 Å². The Hall–Kier alpha value is -2.68. The lowest BCUT2D eigenvalue weighted by Gasteiger charge is -2.49. The largest absolute Gasteiger partial charge is 0.462 e. The third kappa shape index (κ3) is 8.08. The van der Waals surface area contributed by atoms with Crippen molar-refractivity contribution in [3.8, 4) is 0 Å². The van der Waals surface area contributed by atoms with E-state index in [2.05, 4.69) is 31.2 Å². The van der Waals surface area contributed by atoms with Gasteiger partial charge < -0.3 is 48.6 Å². The summed E-state index contributed by atoms with van der Waals surface area (Å²) in [4.78, 5) is 14.4. The molecule has 3 N–H and O–H groups in total. The van der Waals surface area contributed by atoms with Crippen molar-refractivity contribution in [2.45, 2.75) is 159 Å². The van der Waals surface area contributed by atoms with Crippen molar-refractivity contribution in [3.63, 3.8) is 0 Å². The average Bonchev–Trinajstić information content (AvgIpc) is 3.50. The van der Waals surface area contributed by atoms with E-state index in [-0.39, 0.29) is 36.4 Å². The van der Waals surface area contributed by atoms with Gasteiger partial charge in [-0.15, -0.1) is 0 Å². The van der Waals surface area contributed by atoms with Crippen LogP contribution in [-0.4, -0.2) is 107 Å². The molecule has 0 amide bonds. The Labute approximate surface area is 325 Å². The van der Waals surface area contributed by atoms with Crippen LogP contribution >= 0.6 is 0 Å². The van der Waals surface area contributed by atoms with Crippen LogP contribution in [0.25, 0.3) is 0 Å². The standard InChI is InChI=1S/C43H61NO11/c1-24-11-10-14-30-23-50-40-36(44-48)27(4)19-33(43(30,40)47)41(46)52-32-20-31(16-15-25(2)38(24)53-35-21-34(49-6)37(45)28(5)51-35)54-42(22-32)18-17-26(3)39(55-42)29-12-8-7-9-13-29/h10-11,14-15,17-19,24,26,28-29,31-35,37-40,45,47-48H,7-9,12-13,16,20-23H2,1-6H3/t24-,26-,28-,31+,32-,33-,34-,35-,37-,38-,39-,40+,42+,43+/m0/s1. The normalized spacial score (nSPS) is 45.1. The van der Waals surface area contributed by atoms with Gasteiger partial charge in [0.25, 0.3) is 0 Å². The van der Waals surface area contributed by atoms with E-state index in [1.54, 1.807) is 26.2 Å². The second-order valence-electron chi connectivity index (χ2n) is 17.0. The summed E-state index contributed by atoms with van der Waals surface area (Å²) in [6.45, 7) is 9.87. The fourth-order valence-electron chi connectivity index (χ4n) is 9.99. The van der Waals surface area contributed by atoms with E-state index in [1.165, 1.54) is 19.3 Å². The number of ether oxygens (including phenoxy) is 7. The van der Waals surface area contributed by atoms with Crippen LogP contribution in [0.2, 0.25) is 0 Å². The van der Waals surface area contributed by atoms with E-state index in [0.29, 0.717) is 42.7 Å². The molecule has 304 valence electrons. The van der Waals surface area contributed by atoms with Crippen molar-refractivity contribution in [2.75, 3.05) is 13.7 Å². The summed E-state index contributed by atoms with van der Waals surface area (Å²) in [7, 11) is 1.58. The molecule has 2 aliphatic carbocycles. The molecule has 4 fully saturated rings. The summed E-state index contributed by atoms with van der Waals surface area (Å²) in [6, 6.07) is 0. The van der Waals surface area contributed by atoms with E-state index in [9.17, 15) is 20.2 Å². The van der Waals surface area contributed by atoms with Crippen LogP contribution in [0.15, 0.2) is 64.4 Å².